The molecule has 1 aliphatic heterocycles. The van der Waals surface area contributed by atoms with Crippen molar-refractivity contribution in [2.24, 2.45) is 0 Å². The number of oxazole rings is 1. The maximum absolute atomic E-state index is 6.47. The third kappa shape index (κ3) is 5.72. The molecule has 0 radical (unpaired) electrons. The van der Waals surface area contributed by atoms with Gasteiger partial charge < -0.3 is 28.8 Å². The van der Waals surface area contributed by atoms with E-state index in [1.807, 2.05) is 24.4 Å². The van der Waals surface area contributed by atoms with Gasteiger partial charge in [-0.05, 0) is 37.8 Å². The number of nitrogens with one attached hydrogen (secondary N) is 1. The quantitative estimate of drug-likeness (QED) is 0.379. The molecule has 1 saturated carbocycles. The summed E-state index contributed by atoms with van der Waals surface area (Å²) in [5.41, 5.74) is 0.898. The average Bonchev–Trinajstić information content (AvgIpc) is 3.48. The first-order valence-electron chi connectivity index (χ1n) is 12.6. The average molecular weight is 504 g/mol. The van der Waals surface area contributed by atoms with Crippen molar-refractivity contribution < 1.29 is 18.6 Å². The Morgan fingerprint density at radius 3 is 2.62 bits per heavy atom. The molecule has 4 aromatic heterocycles. The molecule has 0 amide bonds. The van der Waals surface area contributed by atoms with Crippen LogP contribution in [0.2, 0.25) is 0 Å². The Hall–Kier alpha value is -3.99. The lowest BCUT2D eigenvalue weighted by Gasteiger charge is -2.31. The number of fused-ring (bicyclic) bond motifs is 1. The fourth-order valence-electron chi connectivity index (χ4n) is 4.68. The molecule has 0 bridgehead atoms. The van der Waals surface area contributed by atoms with E-state index in [0.717, 1.165) is 55.5 Å². The second-order valence-corrected chi connectivity index (χ2v) is 9.15. The summed E-state index contributed by atoms with van der Waals surface area (Å²) in [6.07, 6.45) is 12.1. The topological polar surface area (TPSA) is 121 Å². The number of hydrogen-bond donors (Lipinski definition) is 1. The Morgan fingerprint density at radius 1 is 1.00 bits per heavy atom. The van der Waals surface area contributed by atoms with E-state index in [4.69, 9.17) is 23.6 Å². The molecule has 6 rings (SSSR count). The summed E-state index contributed by atoms with van der Waals surface area (Å²) in [6.45, 7) is 3.28. The van der Waals surface area contributed by atoms with Gasteiger partial charge >= 0.3 is 0 Å². The molecular weight excluding hydrogens is 474 g/mol. The molecule has 2 aliphatic rings. The lowest BCUT2D eigenvalue weighted by atomic mass is 9.93. The van der Waals surface area contributed by atoms with Crippen LogP contribution in [0.4, 0.5) is 11.8 Å². The van der Waals surface area contributed by atoms with Crippen molar-refractivity contribution in [3.05, 3.63) is 55.1 Å². The molecule has 0 unspecified atom stereocenters. The maximum Gasteiger partial charge on any atom is 0.232 e. The standard InChI is InChI=1S/C26H29N7O4/c1-2-21-22(27-7-1)14-23(33-9-12-34-13-10-33)32-25(21)37-19-5-3-18(4-6-19)31-26-29-15-20(16-30-26)36-17-24-28-8-11-35-24/h1-2,7-8,11,14-16,18-19H,3-6,9-10,12-13,17H2,(H,29,30,31). The number of pyridine rings is 2. The van der Waals surface area contributed by atoms with E-state index in [1.54, 1.807) is 18.6 Å². The van der Waals surface area contributed by atoms with Crippen LogP contribution in [0.3, 0.4) is 0 Å². The van der Waals surface area contributed by atoms with Gasteiger partial charge in [-0.3, -0.25) is 4.98 Å². The number of anilines is 2. The minimum atomic E-state index is 0.0980. The molecule has 11 nitrogen and oxygen atoms in total. The van der Waals surface area contributed by atoms with Gasteiger partial charge in [-0.2, -0.15) is 4.98 Å². The Kier molecular flexibility index (Phi) is 6.93. The van der Waals surface area contributed by atoms with Gasteiger partial charge in [0.2, 0.25) is 17.7 Å². The zero-order valence-electron chi connectivity index (χ0n) is 20.5. The van der Waals surface area contributed by atoms with Crippen LogP contribution in [0.25, 0.3) is 10.9 Å². The van der Waals surface area contributed by atoms with Gasteiger partial charge in [0.05, 0.1) is 42.7 Å². The number of aromatic nitrogens is 5. The van der Waals surface area contributed by atoms with Crippen molar-refractivity contribution in [3.8, 4) is 11.6 Å². The molecular formula is C26H29N7O4. The molecule has 2 fully saturated rings. The molecule has 0 spiro atoms. The Labute approximate surface area is 214 Å². The minimum Gasteiger partial charge on any atom is -0.481 e. The molecule has 1 aliphatic carbocycles. The van der Waals surface area contributed by atoms with Crippen LogP contribution in [0.15, 0.2) is 53.7 Å². The number of rotatable bonds is 8. The number of ether oxygens (including phenoxy) is 3. The third-order valence-corrected chi connectivity index (χ3v) is 6.65. The highest BCUT2D eigenvalue weighted by molar-refractivity contribution is 5.85. The first kappa shape index (κ1) is 23.4. The molecule has 0 atom stereocenters. The van der Waals surface area contributed by atoms with E-state index in [-0.39, 0.29) is 18.8 Å². The van der Waals surface area contributed by atoms with Crippen LogP contribution >= 0.6 is 0 Å². The summed E-state index contributed by atoms with van der Waals surface area (Å²) < 4.78 is 22.7. The largest absolute Gasteiger partial charge is 0.481 e. The van der Waals surface area contributed by atoms with E-state index in [9.17, 15) is 0 Å². The second kappa shape index (κ2) is 11.0. The summed E-state index contributed by atoms with van der Waals surface area (Å²) in [5, 5.41) is 4.38. The van der Waals surface area contributed by atoms with E-state index < -0.39 is 0 Å². The van der Waals surface area contributed by atoms with Gasteiger partial charge in [-0.1, -0.05) is 0 Å². The lowest BCUT2D eigenvalue weighted by molar-refractivity contribution is 0.122. The maximum atomic E-state index is 6.47. The molecule has 0 aromatic carbocycles. The summed E-state index contributed by atoms with van der Waals surface area (Å²) in [4.78, 5) is 24.5. The van der Waals surface area contributed by atoms with Gasteiger partial charge in [0.15, 0.2) is 12.4 Å². The summed E-state index contributed by atoms with van der Waals surface area (Å²) >= 11 is 0. The van der Waals surface area contributed by atoms with Gasteiger partial charge in [0.25, 0.3) is 0 Å². The SMILES string of the molecule is c1cnc2cc(N3CCOCC3)nc(OC3CCC(Nc4ncc(OCc5ncco5)cn4)CC3)c2c1. The lowest BCUT2D eigenvalue weighted by Crippen LogP contribution is -2.37. The zero-order chi connectivity index (χ0) is 24.9. The van der Waals surface area contributed by atoms with Crippen LogP contribution < -0.4 is 19.7 Å². The van der Waals surface area contributed by atoms with Crippen molar-refractivity contribution in [2.45, 2.75) is 44.4 Å². The Bertz CT molecular complexity index is 1290. The smallest absolute Gasteiger partial charge is 0.232 e. The van der Waals surface area contributed by atoms with E-state index in [0.29, 0.717) is 36.7 Å². The van der Waals surface area contributed by atoms with E-state index >= 15 is 0 Å². The molecule has 11 heteroatoms. The molecule has 5 heterocycles. The van der Waals surface area contributed by atoms with Crippen molar-refractivity contribution in [1.82, 2.24) is 24.9 Å². The minimum absolute atomic E-state index is 0.0980. The fourth-order valence-corrected chi connectivity index (χ4v) is 4.68. The predicted molar refractivity (Wildman–Crippen MR) is 136 cm³/mol. The van der Waals surface area contributed by atoms with Crippen molar-refractivity contribution in [1.29, 1.82) is 0 Å². The highest BCUT2D eigenvalue weighted by Crippen LogP contribution is 2.31. The van der Waals surface area contributed by atoms with Crippen LogP contribution in [-0.4, -0.2) is 63.4 Å². The number of morpholine rings is 1. The van der Waals surface area contributed by atoms with Gasteiger partial charge in [0, 0.05) is 31.4 Å². The van der Waals surface area contributed by atoms with Crippen molar-refractivity contribution >= 4 is 22.7 Å². The van der Waals surface area contributed by atoms with Crippen LogP contribution in [0.1, 0.15) is 31.6 Å². The normalized spacial score (nSPS) is 20.1. The monoisotopic (exact) mass is 503 g/mol. The van der Waals surface area contributed by atoms with Gasteiger partial charge in [-0.25, -0.2) is 15.0 Å². The van der Waals surface area contributed by atoms with E-state index in [1.165, 1.54) is 6.26 Å². The van der Waals surface area contributed by atoms with Crippen LogP contribution in [0.5, 0.6) is 11.6 Å². The molecule has 1 saturated heterocycles. The van der Waals surface area contributed by atoms with Gasteiger partial charge in [0.1, 0.15) is 18.2 Å². The summed E-state index contributed by atoms with van der Waals surface area (Å²) in [7, 11) is 0. The van der Waals surface area contributed by atoms with Crippen molar-refractivity contribution in [3.63, 3.8) is 0 Å². The predicted octanol–water partition coefficient (Wildman–Crippen LogP) is 3.63. The highest BCUT2D eigenvalue weighted by atomic mass is 16.5. The van der Waals surface area contributed by atoms with Gasteiger partial charge in [-0.15, -0.1) is 0 Å². The Balaban J connectivity index is 1.05. The van der Waals surface area contributed by atoms with Crippen molar-refractivity contribution in [2.75, 3.05) is 36.5 Å². The first-order chi connectivity index (χ1) is 18.3. The highest BCUT2D eigenvalue weighted by Gasteiger charge is 2.25. The zero-order valence-corrected chi connectivity index (χ0v) is 20.5. The Morgan fingerprint density at radius 2 is 1.84 bits per heavy atom. The van der Waals surface area contributed by atoms with E-state index in [2.05, 4.69) is 30.2 Å². The molecule has 192 valence electrons. The second-order valence-electron chi connectivity index (χ2n) is 9.15. The third-order valence-electron chi connectivity index (χ3n) is 6.65. The summed E-state index contributed by atoms with van der Waals surface area (Å²) in [6, 6.07) is 6.27. The fraction of sp³-hybridized carbons (Fsp3) is 0.423. The summed E-state index contributed by atoms with van der Waals surface area (Å²) in [5.74, 6) is 3.21. The molecule has 1 N–H and O–H groups in total. The van der Waals surface area contributed by atoms with Crippen LogP contribution in [0, 0.1) is 0 Å². The first-order valence-corrected chi connectivity index (χ1v) is 12.6. The number of hydrogen-bond acceptors (Lipinski definition) is 11. The molecule has 4 aromatic rings. The number of nitrogens with zero attached hydrogens (tertiary/aromatic N) is 6. The van der Waals surface area contributed by atoms with Crippen LogP contribution in [-0.2, 0) is 11.3 Å². The molecule has 37 heavy (non-hydrogen) atoms.